The largest absolute Gasteiger partial charge is 0.474 e. The van der Waals surface area contributed by atoms with Gasteiger partial charge in [0.1, 0.15) is 0 Å². The molecule has 25 heavy (non-hydrogen) atoms. The van der Waals surface area contributed by atoms with Crippen molar-refractivity contribution < 1.29 is 19.5 Å². The fourth-order valence-electron chi connectivity index (χ4n) is 4.44. The molecule has 1 spiro atoms. The van der Waals surface area contributed by atoms with Crippen LogP contribution in [0.3, 0.4) is 0 Å². The first-order chi connectivity index (χ1) is 11.8. The number of carbonyl (C=O) groups is 3. The number of carboxylic acids is 1. The molecule has 6 nitrogen and oxygen atoms in total. The van der Waals surface area contributed by atoms with Crippen molar-refractivity contribution in [3.8, 4) is 0 Å². The smallest absolute Gasteiger partial charge is 0.394 e. The second-order valence-corrected chi connectivity index (χ2v) is 7.68. The number of likely N-dealkylation sites (tertiary alicyclic amines) is 1. The number of piperidine rings is 1. The maximum absolute atomic E-state index is 12.5. The van der Waals surface area contributed by atoms with Gasteiger partial charge in [-0.15, -0.1) is 0 Å². The van der Waals surface area contributed by atoms with Crippen LogP contribution in [0, 0.1) is 5.92 Å². The molecule has 132 valence electrons. The summed E-state index contributed by atoms with van der Waals surface area (Å²) in [6.07, 6.45) is 3.43. The van der Waals surface area contributed by atoms with Crippen LogP contribution in [-0.2, 0) is 19.8 Å². The summed E-state index contributed by atoms with van der Waals surface area (Å²) >= 11 is 0. The fraction of sp³-hybridized carbons (Fsp3) is 0.526. The summed E-state index contributed by atoms with van der Waals surface area (Å²) in [5, 5.41) is 9.16. The zero-order valence-corrected chi connectivity index (χ0v) is 14.5. The number of aliphatic carboxylic acids is 1. The molecule has 2 fully saturated rings. The van der Waals surface area contributed by atoms with Crippen LogP contribution in [0.25, 0.3) is 0 Å². The van der Waals surface area contributed by atoms with Gasteiger partial charge in [-0.05, 0) is 48.8 Å². The number of fused-ring (bicyclic) bond motifs is 2. The number of benzene rings is 1. The molecule has 2 aliphatic heterocycles. The van der Waals surface area contributed by atoms with Gasteiger partial charge >= 0.3 is 11.9 Å². The molecule has 0 aromatic heterocycles. The molecule has 4 rings (SSSR count). The number of rotatable bonds is 1. The number of hydrogen-bond acceptors (Lipinski definition) is 3. The molecule has 1 aromatic rings. The third kappa shape index (κ3) is 2.27. The molecule has 2 amide bonds. The van der Waals surface area contributed by atoms with Crippen LogP contribution in [0.2, 0.25) is 0 Å². The third-order valence-corrected chi connectivity index (χ3v) is 6.01. The maximum Gasteiger partial charge on any atom is 0.394 e. The van der Waals surface area contributed by atoms with Crippen molar-refractivity contribution >= 4 is 23.5 Å². The monoisotopic (exact) mass is 342 g/mol. The van der Waals surface area contributed by atoms with E-state index in [9.17, 15) is 14.4 Å². The zero-order valence-electron chi connectivity index (χ0n) is 14.5. The topological polar surface area (TPSA) is 77.9 Å². The Morgan fingerprint density at radius 1 is 1.24 bits per heavy atom. The van der Waals surface area contributed by atoms with E-state index in [1.807, 2.05) is 25.1 Å². The minimum absolute atomic E-state index is 0.149. The average molecular weight is 342 g/mol. The molecule has 0 bridgehead atoms. The van der Waals surface area contributed by atoms with E-state index in [0.29, 0.717) is 6.54 Å². The number of carbonyl (C=O) groups excluding carboxylic acids is 2. The van der Waals surface area contributed by atoms with Gasteiger partial charge in [0.05, 0.1) is 11.5 Å². The molecule has 1 aromatic carbocycles. The van der Waals surface area contributed by atoms with Crippen LogP contribution in [0.15, 0.2) is 18.2 Å². The highest BCUT2D eigenvalue weighted by molar-refractivity contribution is 6.31. The van der Waals surface area contributed by atoms with Crippen LogP contribution in [0.5, 0.6) is 0 Å². The van der Waals surface area contributed by atoms with E-state index in [1.165, 1.54) is 4.90 Å². The van der Waals surface area contributed by atoms with Crippen LogP contribution >= 0.6 is 0 Å². The minimum atomic E-state index is -1.41. The first-order valence-corrected chi connectivity index (χ1v) is 8.81. The average Bonchev–Trinajstić information content (AvgIpc) is 3.37. The highest BCUT2D eigenvalue weighted by Gasteiger charge is 2.58. The lowest BCUT2D eigenvalue weighted by atomic mass is 9.87. The molecule has 0 radical (unpaired) electrons. The Morgan fingerprint density at radius 3 is 2.60 bits per heavy atom. The molecule has 1 aliphatic carbocycles. The van der Waals surface area contributed by atoms with E-state index in [0.717, 1.165) is 42.5 Å². The van der Waals surface area contributed by atoms with Gasteiger partial charge in [-0.25, -0.2) is 4.79 Å². The van der Waals surface area contributed by atoms with Gasteiger partial charge < -0.3 is 14.9 Å². The minimum Gasteiger partial charge on any atom is -0.474 e. The molecule has 2 atom stereocenters. The van der Waals surface area contributed by atoms with Gasteiger partial charge in [0.2, 0.25) is 5.91 Å². The predicted molar refractivity (Wildman–Crippen MR) is 91.3 cm³/mol. The molecule has 3 aliphatic rings. The van der Waals surface area contributed by atoms with Crippen molar-refractivity contribution in [2.24, 2.45) is 5.92 Å². The normalized spacial score (nSPS) is 26.7. The second-order valence-electron chi connectivity index (χ2n) is 7.68. The third-order valence-electron chi connectivity index (χ3n) is 6.01. The van der Waals surface area contributed by atoms with Crippen LogP contribution < -0.4 is 4.90 Å². The first-order valence-electron chi connectivity index (χ1n) is 8.81. The van der Waals surface area contributed by atoms with E-state index < -0.39 is 11.9 Å². The molecule has 2 unspecified atom stereocenters. The summed E-state index contributed by atoms with van der Waals surface area (Å²) in [4.78, 5) is 39.1. The van der Waals surface area contributed by atoms with Gasteiger partial charge in [-0.3, -0.25) is 9.59 Å². The molecule has 1 N–H and O–H groups in total. The second kappa shape index (κ2) is 5.31. The summed E-state index contributed by atoms with van der Waals surface area (Å²) in [5.74, 6) is -1.81. The van der Waals surface area contributed by atoms with Crippen LogP contribution in [0.4, 0.5) is 5.69 Å². The molecule has 1 saturated carbocycles. The van der Waals surface area contributed by atoms with Gasteiger partial charge in [-0.1, -0.05) is 19.1 Å². The van der Waals surface area contributed by atoms with E-state index in [1.54, 1.807) is 11.9 Å². The van der Waals surface area contributed by atoms with E-state index in [2.05, 4.69) is 0 Å². The van der Waals surface area contributed by atoms with E-state index >= 15 is 0 Å². The Morgan fingerprint density at radius 2 is 1.96 bits per heavy atom. The number of nitrogens with zero attached hydrogens (tertiary/aromatic N) is 2. The van der Waals surface area contributed by atoms with Gasteiger partial charge in [0, 0.05) is 19.3 Å². The van der Waals surface area contributed by atoms with Crippen LogP contribution in [0.1, 0.15) is 49.8 Å². The maximum atomic E-state index is 12.5. The lowest BCUT2D eigenvalue weighted by Gasteiger charge is -2.38. The molecular weight excluding hydrogens is 320 g/mol. The molecule has 1 saturated heterocycles. The van der Waals surface area contributed by atoms with Gasteiger partial charge in [0.25, 0.3) is 0 Å². The lowest BCUT2D eigenvalue weighted by molar-refractivity contribution is -0.158. The predicted octanol–water partition coefficient (Wildman–Crippen LogP) is 2.08. The standard InChI is InChI=1S/C19H22N2O4/c1-11-3-5-14(21(10-11)16(22)17(23)24)12-4-6-15-13(9-12)19(7-8-19)18(25)20(15)2/h4,6,9,11,14H,3,5,7-8,10H2,1-2H3,(H,23,24). The van der Waals surface area contributed by atoms with Crippen molar-refractivity contribution in [2.75, 3.05) is 18.5 Å². The highest BCUT2D eigenvalue weighted by Crippen LogP contribution is 2.57. The van der Waals surface area contributed by atoms with E-state index in [4.69, 9.17) is 5.11 Å². The summed E-state index contributed by atoms with van der Waals surface area (Å²) < 4.78 is 0. The molecular formula is C19H22N2O4. The number of carboxylic acid groups (broad SMARTS) is 1. The summed E-state index contributed by atoms with van der Waals surface area (Å²) in [5.41, 5.74) is 2.55. The van der Waals surface area contributed by atoms with Crippen molar-refractivity contribution in [1.29, 1.82) is 0 Å². The molecule has 2 heterocycles. The quantitative estimate of drug-likeness (QED) is 0.793. The number of amides is 2. The number of hydrogen-bond donors (Lipinski definition) is 1. The molecule has 6 heteroatoms. The van der Waals surface area contributed by atoms with Crippen molar-refractivity contribution in [3.63, 3.8) is 0 Å². The lowest BCUT2D eigenvalue weighted by Crippen LogP contribution is -2.44. The Kier molecular flexibility index (Phi) is 3.42. The van der Waals surface area contributed by atoms with Crippen molar-refractivity contribution in [2.45, 2.75) is 44.1 Å². The zero-order chi connectivity index (χ0) is 17.9. The van der Waals surface area contributed by atoms with Crippen LogP contribution in [-0.4, -0.2) is 41.4 Å². The Hall–Kier alpha value is -2.37. The number of likely N-dealkylation sites (N-methyl/N-ethyl adjacent to an activating group) is 1. The SMILES string of the molecule is CC1CCC(c2ccc3c(c2)C2(CC2)C(=O)N3C)N(C(=O)C(=O)O)C1. The Labute approximate surface area is 146 Å². The summed E-state index contributed by atoms with van der Waals surface area (Å²) in [7, 11) is 1.80. The summed E-state index contributed by atoms with van der Waals surface area (Å²) in [6, 6.07) is 5.68. The Balaban J connectivity index is 1.72. The highest BCUT2D eigenvalue weighted by atomic mass is 16.4. The number of anilines is 1. The first kappa shape index (κ1) is 16.1. The van der Waals surface area contributed by atoms with E-state index in [-0.39, 0.29) is 23.3 Å². The van der Waals surface area contributed by atoms with Gasteiger partial charge in [0.15, 0.2) is 0 Å². The summed E-state index contributed by atoms with van der Waals surface area (Å²) in [6.45, 7) is 2.49. The van der Waals surface area contributed by atoms with Crippen molar-refractivity contribution in [3.05, 3.63) is 29.3 Å². The Bertz CT molecular complexity index is 784. The van der Waals surface area contributed by atoms with Crippen molar-refractivity contribution in [1.82, 2.24) is 4.90 Å². The fourth-order valence-corrected chi connectivity index (χ4v) is 4.44. The van der Waals surface area contributed by atoms with Gasteiger partial charge in [-0.2, -0.15) is 0 Å².